The van der Waals surface area contributed by atoms with Gasteiger partial charge in [0.2, 0.25) is 15.9 Å². The summed E-state index contributed by atoms with van der Waals surface area (Å²) in [5, 5.41) is 10.2. The Bertz CT molecular complexity index is 1100. The minimum absolute atomic E-state index is 0.0596. The molecule has 0 aromatic heterocycles. The summed E-state index contributed by atoms with van der Waals surface area (Å²) in [6.45, 7) is -0.364. The van der Waals surface area contributed by atoms with E-state index in [0.717, 1.165) is 0 Å². The molecule has 0 aliphatic rings. The minimum Gasteiger partial charge on any atom is -0.497 e. The van der Waals surface area contributed by atoms with E-state index in [4.69, 9.17) is 15.2 Å². The van der Waals surface area contributed by atoms with Gasteiger partial charge in [0, 0.05) is 6.54 Å². The van der Waals surface area contributed by atoms with Gasteiger partial charge in [-0.15, -0.1) is 0 Å². The van der Waals surface area contributed by atoms with Crippen molar-refractivity contribution in [1.82, 2.24) is 9.19 Å². The largest absolute Gasteiger partial charge is 0.497 e. The van der Waals surface area contributed by atoms with Crippen LogP contribution in [-0.4, -0.2) is 59.2 Å². The molecule has 0 saturated carbocycles. The van der Waals surface area contributed by atoms with E-state index in [-0.39, 0.29) is 20.8 Å². The van der Waals surface area contributed by atoms with Gasteiger partial charge in [0.1, 0.15) is 17.5 Å². The third-order valence-corrected chi connectivity index (χ3v) is 7.37. The second kappa shape index (κ2) is 10.1. The first-order valence-electron chi connectivity index (χ1n) is 8.83. The van der Waals surface area contributed by atoms with Crippen LogP contribution in [0.3, 0.4) is 0 Å². The number of methoxy groups -OCH3 is 2. The third kappa shape index (κ3) is 5.92. The van der Waals surface area contributed by atoms with Gasteiger partial charge in [-0.2, -0.15) is 0 Å². The van der Waals surface area contributed by atoms with Gasteiger partial charge in [0.05, 0.1) is 24.0 Å². The number of ether oxygens (including phenoxy) is 2. The Hall–Kier alpha value is -2.71. The summed E-state index contributed by atoms with van der Waals surface area (Å²) in [4.78, 5) is 11.4. The summed E-state index contributed by atoms with van der Waals surface area (Å²) in [5.74, 6) is -0.293. The van der Waals surface area contributed by atoms with E-state index >= 15 is 0 Å². The molecular formula is C18H23N3O8S2. The summed E-state index contributed by atoms with van der Waals surface area (Å²) in [7, 11) is -5.60. The van der Waals surface area contributed by atoms with Gasteiger partial charge in [-0.25, -0.2) is 21.6 Å². The smallest absolute Gasteiger partial charge is 0.265 e. The lowest BCUT2D eigenvalue weighted by Gasteiger charge is -2.23. The lowest BCUT2D eigenvalue weighted by atomic mass is 10.2. The van der Waals surface area contributed by atoms with E-state index in [9.17, 15) is 26.8 Å². The minimum atomic E-state index is -4.49. The topological polar surface area (TPSA) is 165 Å². The average Bonchev–Trinajstić information content (AvgIpc) is 2.76. The summed E-state index contributed by atoms with van der Waals surface area (Å²) in [5.41, 5.74) is 5.23. The number of hydrogen-bond acceptors (Lipinski definition) is 8. The highest BCUT2D eigenvalue weighted by molar-refractivity contribution is 7.89. The zero-order chi connectivity index (χ0) is 23.2. The fourth-order valence-corrected chi connectivity index (χ4v) is 4.84. The van der Waals surface area contributed by atoms with E-state index < -0.39 is 38.4 Å². The van der Waals surface area contributed by atoms with Crippen molar-refractivity contribution in [3.8, 4) is 11.5 Å². The van der Waals surface area contributed by atoms with Crippen LogP contribution in [0, 0.1) is 0 Å². The van der Waals surface area contributed by atoms with Crippen molar-refractivity contribution in [3.63, 3.8) is 0 Å². The fourth-order valence-electron chi connectivity index (χ4n) is 2.55. The van der Waals surface area contributed by atoms with Crippen LogP contribution in [0.2, 0.25) is 0 Å². The molecule has 1 unspecified atom stereocenters. The molecule has 13 heteroatoms. The molecule has 1 atom stereocenters. The van der Waals surface area contributed by atoms with Gasteiger partial charge in [0.15, 0.2) is 0 Å². The average molecular weight is 474 g/mol. The number of carbonyl (C=O) groups excluding carboxylic acids is 1. The number of nitrogens with zero attached hydrogens (tertiary/aromatic N) is 1. The molecular weight excluding hydrogens is 450 g/mol. The number of sulfonamides is 2. The monoisotopic (exact) mass is 473 g/mol. The van der Waals surface area contributed by atoms with Crippen LogP contribution in [0.25, 0.3) is 0 Å². The van der Waals surface area contributed by atoms with Crippen molar-refractivity contribution in [3.05, 3.63) is 48.5 Å². The molecule has 2 aromatic rings. The summed E-state index contributed by atoms with van der Waals surface area (Å²) in [6.07, 6.45) is -0.406. The Morgan fingerprint density at radius 1 is 0.968 bits per heavy atom. The Morgan fingerprint density at radius 2 is 1.42 bits per heavy atom. The first-order valence-corrected chi connectivity index (χ1v) is 11.8. The Kier molecular flexibility index (Phi) is 7.97. The van der Waals surface area contributed by atoms with Crippen LogP contribution in [0.15, 0.2) is 58.3 Å². The molecule has 0 spiro atoms. The maximum Gasteiger partial charge on any atom is 0.265 e. The molecule has 0 bridgehead atoms. The van der Waals surface area contributed by atoms with Crippen LogP contribution in [-0.2, 0) is 24.8 Å². The Balaban J connectivity index is 2.11. The van der Waals surface area contributed by atoms with Crippen molar-refractivity contribution >= 4 is 26.0 Å². The van der Waals surface area contributed by atoms with E-state index in [1.165, 1.54) is 62.8 Å². The maximum absolute atomic E-state index is 12.6. The second-order valence-corrected chi connectivity index (χ2v) is 9.80. The molecule has 2 rings (SSSR count). The summed E-state index contributed by atoms with van der Waals surface area (Å²) < 4.78 is 61.9. The number of hydroxylamine groups is 1. The van der Waals surface area contributed by atoms with Gasteiger partial charge in [-0.1, -0.05) is 4.47 Å². The van der Waals surface area contributed by atoms with Crippen molar-refractivity contribution in [2.24, 2.45) is 5.73 Å². The number of nitrogens with one attached hydrogen (secondary N) is 1. The number of rotatable bonds is 11. The summed E-state index contributed by atoms with van der Waals surface area (Å²) in [6, 6.07) is 8.94. The predicted octanol–water partition coefficient (Wildman–Crippen LogP) is 0.306. The van der Waals surface area contributed by atoms with Gasteiger partial charge in [-0.3, -0.25) is 10.0 Å². The predicted molar refractivity (Wildman–Crippen MR) is 110 cm³/mol. The number of carbonyl (C=O) groups is 1. The van der Waals surface area contributed by atoms with Gasteiger partial charge in [0.25, 0.3) is 10.0 Å². The van der Waals surface area contributed by atoms with Crippen molar-refractivity contribution < 1.29 is 36.3 Å². The van der Waals surface area contributed by atoms with Gasteiger partial charge >= 0.3 is 0 Å². The standard InChI is InChI=1S/C18H23N3O8S2/c1-28-13-3-7-15(8-4-13)30(24,25)20-12-11-17(18(19)22)21(23)31(26,27)16-9-5-14(29-2)6-10-16/h3-10,17,20,23H,11-12H2,1-2H3,(H2,19,22). The molecule has 0 aliphatic carbocycles. The van der Waals surface area contributed by atoms with Crippen molar-refractivity contribution in [2.75, 3.05) is 20.8 Å². The molecule has 4 N–H and O–H groups in total. The lowest BCUT2D eigenvalue weighted by molar-refractivity contribution is -0.131. The second-order valence-electron chi connectivity index (χ2n) is 6.23. The van der Waals surface area contributed by atoms with Gasteiger partial charge in [-0.05, 0) is 55.0 Å². The number of hydrogen-bond donors (Lipinski definition) is 3. The van der Waals surface area contributed by atoms with E-state index in [0.29, 0.717) is 11.5 Å². The highest BCUT2D eigenvalue weighted by Gasteiger charge is 2.34. The van der Waals surface area contributed by atoms with E-state index in [1.54, 1.807) is 0 Å². The zero-order valence-electron chi connectivity index (χ0n) is 16.8. The summed E-state index contributed by atoms with van der Waals surface area (Å²) >= 11 is 0. The van der Waals surface area contributed by atoms with Gasteiger partial charge < -0.3 is 15.2 Å². The zero-order valence-corrected chi connectivity index (χ0v) is 18.4. The maximum atomic E-state index is 12.6. The van der Waals surface area contributed by atoms with Crippen LogP contribution in [0.4, 0.5) is 0 Å². The van der Waals surface area contributed by atoms with E-state index in [2.05, 4.69) is 4.72 Å². The SMILES string of the molecule is COc1ccc(S(=O)(=O)NCCC(C(N)=O)N(O)S(=O)(=O)c2ccc(OC)cc2)cc1. The van der Waals surface area contributed by atoms with Crippen molar-refractivity contribution in [2.45, 2.75) is 22.3 Å². The molecule has 0 fully saturated rings. The first-order chi connectivity index (χ1) is 14.5. The highest BCUT2D eigenvalue weighted by atomic mass is 32.2. The first kappa shape index (κ1) is 24.6. The third-order valence-electron chi connectivity index (χ3n) is 4.28. The molecule has 0 heterocycles. The number of amides is 1. The number of primary amides is 1. The van der Waals surface area contributed by atoms with Crippen LogP contribution < -0.4 is 19.9 Å². The molecule has 2 aromatic carbocycles. The molecule has 0 saturated heterocycles. The molecule has 0 radical (unpaired) electrons. The molecule has 1 amide bonds. The number of benzene rings is 2. The molecule has 11 nitrogen and oxygen atoms in total. The molecule has 170 valence electrons. The van der Waals surface area contributed by atoms with Crippen LogP contribution in [0.5, 0.6) is 11.5 Å². The van der Waals surface area contributed by atoms with Crippen LogP contribution >= 0.6 is 0 Å². The van der Waals surface area contributed by atoms with Crippen LogP contribution in [0.1, 0.15) is 6.42 Å². The molecule has 0 aliphatic heterocycles. The lowest BCUT2D eigenvalue weighted by Crippen LogP contribution is -2.47. The molecule has 31 heavy (non-hydrogen) atoms. The van der Waals surface area contributed by atoms with E-state index in [1.807, 2.05) is 0 Å². The highest BCUT2D eigenvalue weighted by Crippen LogP contribution is 2.21. The van der Waals surface area contributed by atoms with Crippen molar-refractivity contribution in [1.29, 1.82) is 0 Å². The fraction of sp³-hybridized carbons (Fsp3) is 0.278. The quantitative estimate of drug-likeness (QED) is 0.392. The normalized spacial score (nSPS) is 13.0. The Labute approximate surface area is 180 Å². The Morgan fingerprint density at radius 3 is 1.84 bits per heavy atom. The number of nitrogens with two attached hydrogens (primary N) is 1.